The Morgan fingerprint density at radius 3 is 2.92 bits per heavy atom. The summed E-state index contributed by atoms with van der Waals surface area (Å²) >= 11 is 1.44. The van der Waals surface area contributed by atoms with E-state index in [0.717, 1.165) is 37.2 Å². The Kier molecular flexibility index (Phi) is 7.52. The topological polar surface area (TPSA) is 61.4 Å². The van der Waals surface area contributed by atoms with E-state index in [-0.39, 0.29) is 30.3 Å². The van der Waals surface area contributed by atoms with Crippen molar-refractivity contribution in [3.63, 3.8) is 0 Å². The minimum absolute atomic E-state index is 0. The first-order valence-electron chi connectivity index (χ1n) is 8.58. The van der Waals surface area contributed by atoms with E-state index in [1.807, 2.05) is 17.5 Å². The molecule has 7 heteroatoms. The van der Waals surface area contributed by atoms with E-state index in [0.29, 0.717) is 19.0 Å². The van der Waals surface area contributed by atoms with Crippen LogP contribution in [-0.4, -0.2) is 48.9 Å². The van der Waals surface area contributed by atoms with Crippen molar-refractivity contribution < 1.29 is 9.59 Å². The molecule has 0 bridgehead atoms. The number of hydrogen-bond donors (Lipinski definition) is 2. The van der Waals surface area contributed by atoms with E-state index in [2.05, 4.69) is 10.6 Å². The SMILES string of the molecule is Cl.O=C(NCCC1CCCNC1)C1CCCN1C(=O)c1cccs1. The molecule has 134 valence electrons. The van der Waals surface area contributed by atoms with Gasteiger partial charge in [0.15, 0.2) is 0 Å². The molecular formula is C17H26ClN3O2S. The van der Waals surface area contributed by atoms with Gasteiger partial charge in [-0.2, -0.15) is 0 Å². The van der Waals surface area contributed by atoms with Gasteiger partial charge >= 0.3 is 0 Å². The van der Waals surface area contributed by atoms with Gasteiger partial charge < -0.3 is 15.5 Å². The second-order valence-corrected chi connectivity index (χ2v) is 7.37. The molecule has 2 N–H and O–H groups in total. The van der Waals surface area contributed by atoms with Crippen LogP contribution in [0.2, 0.25) is 0 Å². The highest BCUT2D eigenvalue weighted by Gasteiger charge is 2.34. The quantitative estimate of drug-likeness (QED) is 0.834. The average molecular weight is 372 g/mol. The zero-order valence-corrected chi connectivity index (χ0v) is 15.5. The number of rotatable bonds is 5. The molecule has 2 atom stereocenters. The predicted molar refractivity (Wildman–Crippen MR) is 98.8 cm³/mol. The number of nitrogens with zero attached hydrogens (tertiary/aromatic N) is 1. The van der Waals surface area contributed by atoms with Crippen LogP contribution in [-0.2, 0) is 4.79 Å². The van der Waals surface area contributed by atoms with Gasteiger partial charge in [0.05, 0.1) is 4.88 Å². The van der Waals surface area contributed by atoms with Crippen LogP contribution in [0.5, 0.6) is 0 Å². The van der Waals surface area contributed by atoms with Crippen LogP contribution < -0.4 is 10.6 Å². The Balaban J connectivity index is 0.00000208. The van der Waals surface area contributed by atoms with Crippen LogP contribution in [0.15, 0.2) is 17.5 Å². The summed E-state index contributed by atoms with van der Waals surface area (Å²) in [5, 5.41) is 8.35. The van der Waals surface area contributed by atoms with Crippen molar-refractivity contribution in [2.24, 2.45) is 5.92 Å². The van der Waals surface area contributed by atoms with Crippen LogP contribution in [0, 0.1) is 5.92 Å². The van der Waals surface area contributed by atoms with Crippen molar-refractivity contribution in [2.45, 2.75) is 38.1 Å². The van der Waals surface area contributed by atoms with Crippen molar-refractivity contribution >= 4 is 35.6 Å². The highest BCUT2D eigenvalue weighted by atomic mass is 35.5. The number of halogens is 1. The second-order valence-electron chi connectivity index (χ2n) is 6.43. The number of nitrogens with one attached hydrogen (secondary N) is 2. The lowest BCUT2D eigenvalue weighted by Crippen LogP contribution is -2.46. The summed E-state index contributed by atoms with van der Waals surface area (Å²) in [5.74, 6) is 0.668. The fourth-order valence-corrected chi connectivity index (χ4v) is 4.19. The van der Waals surface area contributed by atoms with Gasteiger partial charge in [0.1, 0.15) is 6.04 Å². The lowest BCUT2D eigenvalue weighted by atomic mass is 9.96. The molecule has 0 saturated carbocycles. The van der Waals surface area contributed by atoms with Crippen molar-refractivity contribution in [3.05, 3.63) is 22.4 Å². The van der Waals surface area contributed by atoms with Gasteiger partial charge in [-0.15, -0.1) is 23.7 Å². The zero-order chi connectivity index (χ0) is 16.1. The van der Waals surface area contributed by atoms with E-state index in [1.54, 1.807) is 4.90 Å². The molecule has 2 aliphatic rings. The third-order valence-corrected chi connectivity index (χ3v) is 5.66. The van der Waals surface area contributed by atoms with Crippen molar-refractivity contribution in [1.82, 2.24) is 15.5 Å². The number of amides is 2. The van der Waals surface area contributed by atoms with E-state index < -0.39 is 0 Å². The van der Waals surface area contributed by atoms with E-state index in [9.17, 15) is 9.59 Å². The van der Waals surface area contributed by atoms with Crippen LogP contribution >= 0.6 is 23.7 Å². The van der Waals surface area contributed by atoms with Gasteiger partial charge in [0.2, 0.25) is 5.91 Å². The fraction of sp³-hybridized carbons (Fsp3) is 0.647. The average Bonchev–Trinajstić information content (AvgIpc) is 3.27. The molecular weight excluding hydrogens is 346 g/mol. The molecule has 2 amide bonds. The molecule has 1 aromatic heterocycles. The summed E-state index contributed by atoms with van der Waals surface area (Å²) in [6.07, 6.45) is 5.17. The molecule has 24 heavy (non-hydrogen) atoms. The molecule has 0 radical (unpaired) electrons. The smallest absolute Gasteiger partial charge is 0.264 e. The van der Waals surface area contributed by atoms with Gasteiger partial charge in [-0.05, 0) is 62.6 Å². The van der Waals surface area contributed by atoms with Crippen LogP contribution in [0.25, 0.3) is 0 Å². The molecule has 2 unspecified atom stereocenters. The standard InChI is InChI=1S/C17H25N3O2S.ClH/c21-16(19-9-7-13-4-1-8-18-12-13)14-5-2-10-20(14)17(22)15-6-3-11-23-15;/h3,6,11,13-14,18H,1-2,4-5,7-10,12H2,(H,19,21);1H. The summed E-state index contributed by atoms with van der Waals surface area (Å²) in [4.78, 5) is 27.4. The highest BCUT2D eigenvalue weighted by molar-refractivity contribution is 7.12. The Morgan fingerprint density at radius 2 is 2.21 bits per heavy atom. The normalized spacial score (nSPS) is 23.6. The van der Waals surface area contributed by atoms with Crippen molar-refractivity contribution in [3.8, 4) is 0 Å². The van der Waals surface area contributed by atoms with Crippen molar-refractivity contribution in [1.29, 1.82) is 0 Å². The largest absolute Gasteiger partial charge is 0.354 e. The van der Waals surface area contributed by atoms with E-state index >= 15 is 0 Å². The Labute approximate surface area is 153 Å². The molecule has 5 nitrogen and oxygen atoms in total. The summed E-state index contributed by atoms with van der Waals surface area (Å²) in [6.45, 7) is 3.57. The monoisotopic (exact) mass is 371 g/mol. The number of thiophene rings is 1. The first-order chi connectivity index (χ1) is 11.3. The minimum atomic E-state index is -0.297. The molecule has 2 saturated heterocycles. The number of carbonyl (C=O) groups excluding carboxylic acids is 2. The minimum Gasteiger partial charge on any atom is -0.354 e. The third kappa shape index (κ3) is 4.71. The van der Waals surface area contributed by atoms with Gasteiger partial charge in [0, 0.05) is 13.1 Å². The molecule has 0 spiro atoms. The molecule has 2 aliphatic heterocycles. The van der Waals surface area contributed by atoms with Crippen molar-refractivity contribution in [2.75, 3.05) is 26.2 Å². The van der Waals surface area contributed by atoms with Gasteiger partial charge in [-0.1, -0.05) is 6.07 Å². The highest BCUT2D eigenvalue weighted by Crippen LogP contribution is 2.22. The third-order valence-electron chi connectivity index (χ3n) is 4.80. The molecule has 1 aromatic rings. The van der Waals surface area contributed by atoms with Crippen LogP contribution in [0.4, 0.5) is 0 Å². The van der Waals surface area contributed by atoms with Gasteiger partial charge in [-0.3, -0.25) is 9.59 Å². The Hall–Kier alpha value is -1.11. The molecule has 0 aromatic carbocycles. The van der Waals surface area contributed by atoms with E-state index in [4.69, 9.17) is 0 Å². The molecule has 2 fully saturated rings. The maximum atomic E-state index is 12.5. The predicted octanol–water partition coefficient (Wildman–Crippen LogP) is 2.28. The molecule has 0 aliphatic carbocycles. The summed E-state index contributed by atoms with van der Waals surface area (Å²) in [5.41, 5.74) is 0. The lowest BCUT2D eigenvalue weighted by Gasteiger charge is -2.25. The van der Waals surface area contributed by atoms with Crippen LogP contribution in [0.1, 0.15) is 41.8 Å². The molecule has 3 rings (SSSR count). The Morgan fingerprint density at radius 1 is 1.33 bits per heavy atom. The number of piperidine rings is 1. The summed E-state index contributed by atoms with van der Waals surface area (Å²) in [7, 11) is 0. The number of hydrogen-bond acceptors (Lipinski definition) is 4. The number of carbonyl (C=O) groups is 2. The maximum Gasteiger partial charge on any atom is 0.264 e. The lowest BCUT2D eigenvalue weighted by molar-refractivity contribution is -0.124. The summed E-state index contributed by atoms with van der Waals surface area (Å²) in [6, 6.07) is 3.41. The maximum absolute atomic E-state index is 12.5. The second kappa shape index (κ2) is 9.39. The van der Waals surface area contributed by atoms with Crippen LogP contribution in [0.3, 0.4) is 0 Å². The molecule has 3 heterocycles. The first kappa shape index (κ1) is 19.2. The fourth-order valence-electron chi connectivity index (χ4n) is 3.51. The Bertz CT molecular complexity index is 532. The van der Waals surface area contributed by atoms with Gasteiger partial charge in [0.25, 0.3) is 5.91 Å². The van der Waals surface area contributed by atoms with Gasteiger partial charge in [-0.25, -0.2) is 0 Å². The number of likely N-dealkylation sites (tertiary alicyclic amines) is 1. The van der Waals surface area contributed by atoms with E-state index in [1.165, 1.54) is 24.2 Å². The zero-order valence-electron chi connectivity index (χ0n) is 13.8. The summed E-state index contributed by atoms with van der Waals surface area (Å²) < 4.78 is 0. The first-order valence-corrected chi connectivity index (χ1v) is 9.46.